The second-order valence-corrected chi connectivity index (χ2v) is 5.29. The Morgan fingerprint density at radius 3 is 2.31 bits per heavy atom. The minimum atomic E-state index is -3.05. The highest BCUT2D eigenvalue weighted by Crippen LogP contribution is 2.41. The smallest absolute Gasteiger partial charge is 0.189 e. The third kappa shape index (κ3) is 1.73. The molecule has 1 aliphatic rings. The van der Waals surface area contributed by atoms with Gasteiger partial charge in [-0.25, -0.2) is 8.42 Å². The summed E-state index contributed by atoms with van der Waals surface area (Å²) in [6.07, 6.45) is 0.942. The molecule has 0 spiro atoms. The molecule has 2 rings (SSSR count). The number of rotatable bonds is 2. The normalized spacial score (nSPS) is 27.2. The highest BCUT2D eigenvalue weighted by molar-refractivity contribution is 7.91. The van der Waals surface area contributed by atoms with Crippen LogP contribution >= 0.6 is 0 Å². The monoisotopic (exact) mass is 198 g/mol. The van der Waals surface area contributed by atoms with Gasteiger partial charge in [-0.05, 0) is 5.56 Å². The SMILES string of the molecule is CS(=O)(=O)[C@@H]1O[C@@H]1c1ccccc1. The van der Waals surface area contributed by atoms with Gasteiger partial charge in [0.15, 0.2) is 15.3 Å². The molecule has 1 aromatic rings. The van der Waals surface area contributed by atoms with Gasteiger partial charge in [-0.3, -0.25) is 0 Å². The third-order valence-corrected chi connectivity index (χ3v) is 3.20. The molecule has 1 heterocycles. The van der Waals surface area contributed by atoms with Crippen LogP contribution in [0.15, 0.2) is 30.3 Å². The van der Waals surface area contributed by atoms with Gasteiger partial charge in [0.1, 0.15) is 6.10 Å². The van der Waals surface area contributed by atoms with Crippen molar-refractivity contribution in [3.05, 3.63) is 35.9 Å². The van der Waals surface area contributed by atoms with Crippen LogP contribution in [0.2, 0.25) is 0 Å². The molecule has 0 aliphatic carbocycles. The molecule has 0 bridgehead atoms. The zero-order valence-corrected chi connectivity index (χ0v) is 7.99. The van der Waals surface area contributed by atoms with Gasteiger partial charge in [0.2, 0.25) is 0 Å². The van der Waals surface area contributed by atoms with Crippen LogP contribution in [-0.4, -0.2) is 20.1 Å². The molecule has 1 saturated heterocycles. The van der Waals surface area contributed by atoms with E-state index in [1.807, 2.05) is 30.3 Å². The van der Waals surface area contributed by atoms with E-state index in [0.717, 1.165) is 5.56 Å². The van der Waals surface area contributed by atoms with Crippen LogP contribution in [0.3, 0.4) is 0 Å². The van der Waals surface area contributed by atoms with Crippen molar-refractivity contribution in [2.45, 2.75) is 11.5 Å². The quantitative estimate of drug-likeness (QED) is 0.669. The molecule has 0 aromatic heterocycles. The van der Waals surface area contributed by atoms with Crippen LogP contribution in [-0.2, 0) is 14.6 Å². The van der Waals surface area contributed by atoms with E-state index >= 15 is 0 Å². The Morgan fingerprint density at radius 1 is 1.23 bits per heavy atom. The molecule has 1 fully saturated rings. The van der Waals surface area contributed by atoms with E-state index in [9.17, 15) is 8.42 Å². The molecular weight excluding hydrogens is 188 g/mol. The van der Waals surface area contributed by atoms with Gasteiger partial charge in [0.25, 0.3) is 0 Å². The number of benzene rings is 1. The number of hydrogen-bond donors (Lipinski definition) is 0. The van der Waals surface area contributed by atoms with Crippen molar-refractivity contribution in [2.75, 3.05) is 6.26 Å². The summed E-state index contributed by atoms with van der Waals surface area (Å²) in [5.41, 5.74) is 0.299. The van der Waals surface area contributed by atoms with Crippen LogP contribution in [0.4, 0.5) is 0 Å². The van der Waals surface area contributed by atoms with Crippen LogP contribution in [0.1, 0.15) is 11.7 Å². The Hall–Kier alpha value is -0.870. The van der Waals surface area contributed by atoms with Crippen molar-refractivity contribution < 1.29 is 13.2 Å². The molecule has 13 heavy (non-hydrogen) atoms. The fourth-order valence-electron chi connectivity index (χ4n) is 1.30. The van der Waals surface area contributed by atoms with Gasteiger partial charge in [0, 0.05) is 6.26 Å². The van der Waals surface area contributed by atoms with E-state index in [0.29, 0.717) is 0 Å². The van der Waals surface area contributed by atoms with Crippen molar-refractivity contribution in [1.29, 1.82) is 0 Å². The number of ether oxygens (including phenoxy) is 1. The zero-order chi connectivity index (χ0) is 9.47. The Kier molecular flexibility index (Phi) is 1.89. The number of sulfone groups is 1. The predicted octanol–water partition coefficient (Wildman–Crippen LogP) is 1.13. The molecule has 0 saturated carbocycles. The Morgan fingerprint density at radius 2 is 1.85 bits per heavy atom. The maximum absolute atomic E-state index is 11.1. The lowest BCUT2D eigenvalue weighted by atomic mass is 10.2. The first-order valence-corrected chi connectivity index (χ1v) is 5.94. The van der Waals surface area contributed by atoms with Crippen molar-refractivity contribution >= 4 is 9.84 Å². The van der Waals surface area contributed by atoms with Gasteiger partial charge in [0.05, 0.1) is 0 Å². The lowest BCUT2D eigenvalue weighted by molar-refractivity contribution is 0.399. The van der Waals surface area contributed by atoms with Gasteiger partial charge in [-0.1, -0.05) is 30.3 Å². The minimum absolute atomic E-state index is 0.254. The maximum Gasteiger partial charge on any atom is 0.189 e. The molecular formula is C9H10O3S. The van der Waals surface area contributed by atoms with Crippen molar-refractivity contribution in [3.63, 3.8) is 0 Å². The summed E-state index contributed by atoms with van der Waals surface area (Å²) < 4.78 is 27.2. The molecule has 3 nitrogen and oxygen atoms in total. The zero-order valence-electron chi connectivity index (χ0n) is 7.17. The van der Waals surface area contributed by atoms with Crippen molar-refractivity contribution in [1.82, 2.24) is 0 Å². The summed E-state index contributed by atoms with van der Waals surface area (Å²) in [5, 5.41) is 0. The lowest BCUT2D eigenvalue weighted by Gasteiger charge is -1.92. The molecule has 1 aromatic carbocycles. The Balaban J connectivity index is 2.18. The summed E-state index contributed by atoms with van der Waals surface area (Å²) in [6.45, 7) is 0. The van der Waals surface area contributed by atoms with Crippen molar-refractivity contribution in [3.8, 4) is 0 Å². The highest BCUT2D eigenvalue weighted by atomic mass is 32.2. The van der Waals surface area contributed by atoms with Crippen molar-refractivity contribution in [2.24, 2.45) is 0 Å². The third-order valence-electron chi connectivity index (χ3n) is 2.00. The van der Waals surface area contributed by atoms with E-state index in [2.05, 4.69) is 0 Å². The second-order valence-electron chi connectivity index (χ2n) is 3.17. The molecule has 1 aliphatic heterocycles. The Labute approximate surface area is 77.3 Å². The molecule has 2 atom stereocenters. The van der Waals surface area contributed by atoms with Gasteiger partial charge < -0.3 is 4.74 Å². The van der Waals surface area contributed by atoms with E-state index < -0.39 is 15.3 Å². The number of hydrogen-bond acceptors (Lipinski definition) is 3. The molecule has 0 N–H and O–H groups in total. The first kappa shape index (κ1) is 8.72. The topological polar surface area (TPSA) is 46.7 Å². The average molecular weight is 198 g/mol. The molecule has 0 unspecified atom stereocenters. The van der Waals surface area contributed by atoms with Gasteiger partial charge in [-0.15, -0.1) is 0 Å². The lowest BCUT2D eigenvalue weighted by Crippen LogP contribution is -2.05. The van der Waals surface area contributed by atoms with E-state index in [4.69, 9.17) is 4.74 Å². The maximum atomic E-state index is 11.1. The molecule has 4 heteroatoms. The predicted molar refractivity (Wildman–Crippen MR) is 48.9 cm³/mol. The minimum Gasteiger partial charge on any atom is -0.347 e. The highest BCUT2D eigenvalue weighted by Gasteiger charge is 2.47. The summed E-state index contributed by atoms with van der Waals surface area (Å²) in [7, 11) is -3.05. The van der Waals surface area contributed by atoms with E-state index in [1.54, 1.807) is 0 Å². The summed E-state index contributed by atoms with van der Waals surface area (Å²) >= 11 is 0. The first-order valence-electron chi connectivity index (χ1n) is 3.98. The average Bonchev–Trinajstić information content (AvgIpc) is 2.83. The van der Waals surface area contributed by atoms with Gasteiger partial charge >= 0.3 is 0 Å². The van der Waals surface area contributed by atoms with Crippen LogP contribution in [0.25, 0.3) is 0 Å². The summed E-state index contributed by atoms with van der Waals surface area (Å²) in [4.78, 5) is 0. The fourth-order valence-corrected chi connectivity index (χ4v) is 2.23. The summed E-state index contributed by atoms with van der Waals surface area (Å²) in [5.74, 6) is 0. The largest absolute Gasteiger partial charge is 0.347 e. The Bertz CT molecular complexity index is 396. The van der Waals surface area contributed by atoms with Gasteiger partial charge in [-0.2, -0.15) is 0 Å². The molecule has 0 amide bonds. The molecule has 70 valence electrons. The van der Waals surface area contributed by atoms with Crippen LogP contribution in [0.5, 0.6) is 0 Å². The first-order chi connectivity index (χ1) is 6.09. The van der Waals surface area contributed by atoms with E-state index in [-0.39, 0.29) is 6.10 Å². The standard InChI is InChI=1S/C9H10O3S/c1-13(10,11)9-8(12-9)7-5-3-2-4-6-7/h2-6,8-9H,1H3/t8-,9+/m1/s1. The second kappa shape index (κ2) is 2.82. The van der Waals surface area contributed by atoms with Crippen LogP contribution < -0.4 is 0 Å². The fraction of sp³-hybridized carbons (Fsp3) is 0.333. The number of epoxide rings is 1. The molecule has 0 radical (unpaired) electrons. The van der Waals surface area contributed by atoms with E-state index in [1.165, 1.54) is 6.26 Å². The summed E-state index contributed by atoms with van der Waals surface area (Å²) in [6, 6.07) is 9.37. The van der Waals surface area contributed by atoms with Crippen LogP contribution in [0, 0.1) is 0 Å².